The van der Waals surface area contributed by atoms with E-state index in [4.69, 9.17) is 4.74 Å². The van der Waals surface area contributed by atoms with E-state index in [0.29, 0.717) is 35.3 Å². The molecule has 0 atom stereocenters. The van der Waals surface area contributed by atoms with Crippen molar-refractivity contribution in [3.8, 4) is 28.6 Å². The van der Waals surface area contributed by atoms with Gasteiger partial charge in [0.05, 0.1) is 17.6 Å². The summed E-state index contributed by atoms with van der Waals surface area (Å²) >= 11 is 0. The van der Waals surface area contributed by atoms with E-state index in [9.17, 15) is 4.79 Å². The van der Waals surface area contributed by atoms with Crippen molar-refractivity contribution in [2.45, 2.75) is 34.1 Å². The SMILES string of the molecule is Cc1nc(-n2nc(CC(C)(C)C)[nH]c2=O)ccc1Oc1ccnc(-c2cnn(C)c2)c1. The maximum absolute atomic E-state index is 12.3. The Bertz CT molecular complexity index is 1280. The molecule has 9 heteroatoms. The van der Waals surface area contributed by atoms with Gasteiger partial charge in [0.15, 0.2) is 5.82 Å². The van der Waals surface area contributed by atoms with Crippen LogP contribution in [-0.4, -0.2) is 34.5 Å². The fraction of sp³-hybridized carbons (Fsp3) is 0.318. The second-order valence-corrected chi connectivity index (χ2v) is 8.66. The third kappa shape index (κ3) is 4.71. The molecule has 0 saturated heterocycles. The van der Waals surface area contributed by atoms with Crippen molar-refractivity contribution in [2.75, 3.05) is 0 Å². The Morgan fingerprint density at radius 1 is 1.19 bits per heavy atom. The third-order valence-corrected chi connectivity index (χ3v) is 4.56. The van der Waals surface area contributed by atoms with Gasteiger partial charge in [0.2, 0.25) is 0 Å². The van der Waals surface area contributed by atoms with Gasteiger partial charge in [-0.25, -0.2) is 9.78 Å². The van der Waals surface area contributed by atoms with Gasteiger partial charge in [0.1, 0.15) is 17.3 Å². The van der Waals surface area contributed by atoms with Crippen molar-refractivity contribution in [3.05, 3.63) is 64.9 Å². The molecule has 0 fully saturated rings. The van der Waals surface area contributed by atoms with Gasteiger partial charge in [-0.1, -0.05) is 20.8 Å². The second-order valence-electron chi connectivity index (χ2n) is 8.66. The van der Waals surface area contributed by atoms with Gasteiger partial charge in [-0.2, -0.15) is 9.78 Å². The van der Waals surface area contributed by atoms with Crippen LogP contribution in [0.1, 0.15) is 32.3 Å². The molecule has 0 unspecified atom stereocenters. The first-order valence-electron chi connectivity index (χ1n) is 9.97. The maximum Gasteiger partial charge on any atom is 0.349 e. The quantitative estimate of drug-likeness (QED) is 0.531. The summed E-state index contributed by atoms with van der Waals surface area (Å²) in [6.45, 7) is 8.11. The Morgan fingerprint density at radius 2 is 2.00 bits per heavy atom. The molecule has 0 spiro atoms. The maximum atomic E-state index is 12.3. The number of aromatic amines is 1. The minimum atomic E-state index is -0.310. The van der Waals surface area contributed by atoms with Gasteiger partial charge >= 0.3 is 5.69 Å². The van der Waals surface area contributed by atoms with E-state index in [1.165, 1.54) is 4.68 Å². The molecule has 4 aromatic heterocycles. The zero-order chi connectivity index (χ0) is 22.2. The molecule has 0 aromatic carbocycles. The molecular weight excluding hydrogens is 394 g/mol. The lowest BCUT2D eigenvalue weighted by Crippen LogP contribution is -2.17. The molecule has 0 saturated carbocycles. The molecule has 31 heavy (non-hydrogen) atoms. The zero-order valence-electron chi connectivity index (χ0n) is 18.2. The highest BCUT2D eigenvalue weighted by atomic mass is 16.5. The zero-order valence-corrected chi connectivity index (χ0v) is 18.2. The largest absolute Gasteiger partial charge is 0.455 e. The number of ether oxygens (including phenoxy) is 1. The molecule has 0 radical (unpaired) electrons. The standard InChI is InChI=1S/C22H25N7O2/c1-14-18(31-16-8-9-23-17(10-16)15-12-24-28(5)13-15)6-7-20(25-14)29-21(30)26-19(27-29)11-22(2,3)4/h6-10,12-13H,11H2,1-5H3,(H,26,27,30). The Morgan fingerprint density at radius 3 is 2.68 bits per heavy atom. The Labute approximate surface area is 179 Å². The molecule has 0 aliphatic carbocycles. The van der Waals surface area contributed by atoms with Gasteiger partial charge in [0, 0.05) is 37.5 Å². The Balaban J connectivity index is 1.57. The van der Waals surface area contributed by atoms with Crippen molar-refractivity contribution < 1.29 is 4.74 Å². The lowest BCUT2D eigenvalue weighted by Gasteiger charge is -2.15. The van der Waals surface area contributed by atoms with Crippen LogP contribution in [0.4, 0.5) is 0 Å². The van der Waals surface area contributed by atoms with Crippen LogP contribution >= 0.6 is 0 Å². The first-order chi connectivity index (χ1) is 14.7. The van der Waals surface area contributed by atoms with E-state index >= 15 is 0 Å². The van der Waals surface area contributed by atoms with Gasteiger partial charge in [-0.05, 0) is 30.5 Å². The van der Waals surface area contributed by atoms with Crippen LogP contribution in [0.2, 0.25) is 0 Å². The minimum absolute atomic E-state index is 0.0162. The smallest absolute Gasteiger partial charge is 0.349 e. The van der Waals surface area contributed by atoms with Gasteiger partial charge in [0.25, 0.3) is 0 Å². The summed E-state index contributed by atoms with van der Waals surface area (Å²) in [6, 6.07) is 7.13. The number of nitrogens with one attached hydrogen (secondary N) is 1. The first-order valence-corrected chi connectivity index (χ1v) is 9.97. The molecule has 1 N–H and O–H groups in total. The second kappa shape index (κ2) is 7.82. The van der Waals surface area contributed by atoms with Crippen molar-refractivity contribution in [1.29, 1.82) is 0 Å². The van der Waals surface area contributed by atoms with E-state index in [1.54, 1.807) is 35.3 Å². The topological polar surface area (TPSA) is 104 Å². The predicted octanol–water partition coefficient (Wildman–Crippen LogP) is 3.44. The highest BCUT2D eigenvalue weighted by molar-refractivity contribution is 5.58. The number of hydrogen-bond donors (Lipinski definition) is 1. The van der Waals surface area contributed by atoms with Crippen LogP contribution in [-0.2, 0) is 13.5 Å². The molecule has 4 heterocycles. The summed E-state index contributed by atoms with van der Waals surface area (Å²) in [6.07, 6.45) is 6.00. The van der Waals surface area contributed by atoms with Crippen molar-refractivity contribution in [2.24, 2.45) is 12.5 Å². The summed E-state index contributed by atoms with van der Waals surface area (Å²) in [4.78, 5) is 24.1. The number of aromatic nitrogens is 7. The van der Waals surface area contributed by atoms with E-state index in [1.807, 2.05) is 26.2 Å². The minimum Gasteiger partial charge on any atom is -0.455 e. The van der Waals surface area contributed by atoms with Gasteiger partial charge < -0.3 is 4.74 Å². The Hall–Kier alpha value is -3.75. The predicted molar refractivity (Wildman–Crippen MR) is 116 cm³/mol. The molecule has 0 bridgehead atoms. The molecule has 0 amide bonds. The molecular formula is C22H25N7O2. The van der Waals surface area contributed by atoms with Crippen LogP contribution in [0.5, 0.6) is 11.5 Å². The number of pyridine rings is 2. The van der Waals surface area contributed by atoms with Crippen molar-refractivity contribution >= 4 is 0 Å². The lowest BCUT2D eigenvalue weighted by atomic mass is 9.92. The summed E-state index contributed by atoms with van der Waals surface area (Å²) in [5.41, 5.74) is 2.02. The van der Waals surface area contributed by atoms with Crippen LogP contribution in [0, 0.1) is 12.3 Å². The average molecular weight is 419 g/mol. The van der Waals surface area contributed by atoms with Crippen LogP contribution in [0.3, 0.4) is 0 Å². The number of H-pyrrole nitrogens is 1. The molecule has 4 rings (SSSR count). The third-order valence-electron chi connectivity index (χ3n) is 4.56. The number of nitrogens with zero attached hydrogens (tertiary/aromatic N) is 6. The summed E-state index contributed by atoms with van der Waals surface area (Å²) < 4.78 is 9.03. The monoisotopic (exact) mass is 419 g/mol. The van der Waals surface area contributed by atoms with Crippen molar-refractivity contribution in [3.63, 3.8) is 0 Å². The van der Waals surface area contributed by atoms with Crippen LogP contribution < -0.4 is 10.4 Å². The van der Waals surface area contributed by atoms with Gasteiger partial charge in [-0.15, -0.1) is 5.10 Å². The number of hydrogen-bond acceptors (Lipinski definition) is 6. The highest BCUT2D eigenvalue weighted by Crippen LogP contribution is 2.27. The van der Waals surface area contributed by atoms with E-state index in [-0.39, 0.29) is 11.1 Å². The average Bonchev–Trinajstić information content (AvgIpc) is 3.28. The van der Waals surface area contributed by atoms with Crippen LogP contribution in [0.25, 0.3) is 17.1 Å². The molecule has 160 valence electrons. The van der Waals surface area contributed by atoms with Crippen LogP contribution in [0.15, 0.2) is 47.7 Å². The van der Waals surface area contributed by atoms with E-state index in [2.05, 4.69) is 45.9 Å². The number of aryl methyl sites for hydroxylation is 2. The summed E-state index contributed by atoms with van der Waals surface area (Å²) in [7, 11) is 1.86. The van der Waals surface area contributed by atoms with Gasteiger partial charge in [-0.3, -0.25) is 14.6 Å². The molecule has 0 aliphatic rings. The molecule has 9 nitrogen and oxygen atoms in total. The molecule has 4 aromatic rings. The summed E-state index contributed by atoms with van der Waals surface area (Å²) in [5.74, 6) is 2.30. The first kappa shape index (κ1) is 20.5. The van der Waals surface area contributed by atoms with Crippen molar-refractivity contribution in [1.82, 2.24) is 34.5 Å². The lowest BCUT2D eigenvalue weighted by molar-refractivity contribution is 0.400. The fourth-order valence-electron chi connectivity index (χ4n) is 3.18. The van der Waals surface area contributed by atoms with E-state index in [0.717, 1.165) is 11.3 Å². The fourth-order valence-corrected chi connectivity index (χ4v) is 3.18. The summed E-state index contributed by atoms with van der Waals surface area (Å²) in [5, 5.41) is 8.57. The highest BCUT2D eigenvalue weighted by Gasteiger charge is 2.17. The Kier molecular flexibility index (Phi) is 5.18. The molecule has 0 aliphatic heterocycles. The number of rotatable bonds is 5. The normalized spacial score (nSPS) is 11.6. The van der Waals surface area contributed by atoms with E-state index < -0.39 is 0 Å².